The topological polar surface area (TPSA) is 122 Å². The molecule has 0 bridgehead atoms. The van der Waals surface area contributed by atoms with E-state index < -0.39 is 5.91 Å². The van der Waals surface area contributed by atoms with Crippen LogP contribution in [-0.2, 0) is 0 Å². The fourth-order valence-electron chi connectivity index (χ4n) is 3.67. The quantitative estimate of drug-likeness (QED) is 0.253. The number of benzene rings is 2. The van der Waals surface area contributed by atoms with E-state index in [1.807, 2.05) is 36.0 Å². The summed E-state index contributed by atoms with van der Waals surface area (Å²) in [5.41, 5.74) is 13.0. The number of fused-ring (bicyclic) bond motifs is 1. The summed E-state index contributed by atoms with van der Waals surface area (Å²) in [4.78, 5) is 28.4. The third kappa shape index (κ3) is 4.46. The van der Waals surface area contributed by atoms with Gasteiger partial charge in [-0.1, -0.05) is 12.1 Å². The molecule has 1 amide bonds. The van der Waals surface area contributed by atoms with Crippen molar-refractivity contribution in [2.24, 2.45) is 5.73 Å². The number of pyridine rings is 1. The molecule has 170 valence electrons. The number of hydrogen-bond acceptors (Lipinski definition) is 7. The highest BCUT2D eigenvalue weighted by molar-refractivity contribution is 7.16. The molecule has 0 aliphatic rings. The molecule has 0 unspecified atom stereocenters. The Morgan fingerprint density at radius 1 is 1.06 bits per heavy atom. The number of nitrogens with one attached hydrogen (secondary N) is 3. The molecule has 0 saturated carbocycles. The third-order valence-corrected chi connectivity index (χ3v) is 6.03. The van der Waals surface area contributed by atoms with E-state index in [4.69, 9.17) is 5.73 Å². The number of anilines is 3. The third-order valence-electron chi connectivity index (χ3n) is 5.24. The maximum absolute atomic E-state index is 11.5. The van der Waals surface area contributed by atoms with Crippen LogP contribution in [-0.4, -0.2) is 31.9 Å². The Morgan fingerprint density at radius 3 is 2.76 bits per heavy atom. The van der Waals surface area contributed by atoms with Gasteiger partial charge in [-0.25, -0.2) is 15.0 Å². The van der Waals surface area contributed by atoms with Crippen molar-refractivity contribution in [3.05, 3.63) is 72.0 Å². The molecule has 0 atom stereocenters. The van der Waals surface area contributed by atoms with Gasteiger partial charge in [-0.3, -0.25) is 4.79 Å². The van der Waals surface area contributed by atoms with Crippen molar-refractivity contribution in [1.82, 2.24) is 19.9 Å². The molecule has 0 aliphatic heterocycles. The first kappa shape index (κ1) is 21.6. The van der Waals surface area contributed by atoms with Crippen molar-refractivity contribution < 1.29 is 4.79 Å². The number of aromatic amines is 1. The zero-order valence-corrected chi connectivity index (χ0v) is 19.5. The molecule has 5 N–H and O–H groups in total. The molecule has 34 heavy (non-hydrogen) atoms. The Hall–Kier alpha value is -4.24. The second-order valence-electron chi connectivity index (χ2n) is 8.16. The van der Waals surface area contributed by atoms with Crippen molar-refractivity contribution in [2.75, 3.05) is 10.6 Å². The second-order valence-corrected chi connectivity index (χ2v) is 9.05. The zero-order chi connectivity index (χ0) is 23.7. The maximum atomic E-state index is 11.5. The number of imidazole rings is 1. The molecule has 5 rings (SSSR count). The SMILES string of the molecule is CC(C)Nc1cc(Nc2ccc3ncsc3c2)ncc1-c1cnc(-c2cccc(C(N)=O)c2)[nH]1. The lowest BCUT2D eigenvalue weighted by atomic mass is 10.1. The first-order valence-corrected chi connectivity index (χ1v) is 11.7. The number of nitrogens with two attached hydrogens (primary N) is 1. The Morgan fingerprint density at radius 2 is 1.94 bits per heavy atom. The van der Waals surface area contributed by atoms with Crippen molar-refractivity contribution in [3.8, 4) is 22.6 Å². The zero-order valence-electron chi connectivity index (χ0n) is 18.7. The molecule has 8 nitrogen and oxygen atoms in total. The molecule has 2 aromatic carbocycles. The molecule has 0 radical (unpaired) electrons. The van der Waals surface area contributed by atoms with Crippen LogP contribution in [0.3, 0.4) is 0 Å². The Kier molecular flexibility index (Phi) is 5.69. The Bertz CT molecular complexity index is 1490. The predicted molar refractivity (Wildman–Crippen MR) is 137 cm³/mol. The van der Waals surface area contributed by atoms with E-state index in [1.54, 1.807) is 35.7 Å². The van der Waals surface area contributed by atoms with Gasteiger partial charge >= 0.3 is 0 Å². The van der Waals surface area contributed by atoms with Crippen LogP contribution in [0.15, 0.2) is 66.4 Å². The summed E-state index contributed by atoms with van der Waals surface area (Å²) in [7, 11) is 0. The van der Waals surface area contributed by atoms with Crippen LogP contribution < -0.4 is 16.4 Å². The smallest absolute Gasteiger partial charge is 0.248 e. The summed E-state index contributed by atoms with van der Waals surface area (Å²) in [6.07, 6.45) is 3.58. The van der Waals surface area contributed by atoms with E-state index in [9.17, 15) is 4.79 Å². The van der Waals surface area contributed by atoms with Gasteiger partial charge in [0.2, 0.25) is 5.91 Å². The summed E-state index contributed by atoms with van der Waals surface area (Å²) < 4.78 is 1.12. The average Bonchev–Trinajstić information content (AvgIpc) is 3.48. The predicted octanol–water partition coefficient (Wildman–Crippen LogP) is 5.41. The number of primary amides is 1. The number of H-pyrrole nitrogens is 1. The van der Waals surface area contributed by atoms with Crippen LogP contribution in [0.25, 0.3) is 32.9 Å². The fraction of sp³-hybridized carbons (Fsp3) is 0.120. The number of aromatic nitrogens is 4. The summed E-state index contributed by atoms with van der Waals surface area (Å²) in [6.45, 7) is 4.17. The van der Waals surface area contributed by atoms with Crippen LogP contribution >= 0.6 is 11.3 Å². The van der Waals surface area contributed by atoms with Crippen LogP contribution in [0.4, 0.5) is 17.2 Å². The lowest BCUT2D eigenvalue weighted by Crippen LogP contribution is -2.11. The number of carbonyl (C=O) groups excluding carboxylic acids is 1. The highest BCUT2D eigenvalue weighted by Crippen LogP contribution is 2.32. The molecule has 0 spiro atoms. The van der Waals surface area contributed by atoms with Crippen LogP contribution in [0, 0.1) is 0 Å². The van der Waals surface area contributed by atoms with E-state index in [2.05, 4.69) is 50.5 Å². The van der Waals surface area contributed by atoms with Gasteiger partial charge in [0.05, 0.1) is 27.6 Å². The van der Waals surface area contributed by atoms with Crippen molar-refractivity contribution in [3.63, 3.8) is 0 Å². The second kappa shape index (κ2) is 8.95. The van der Waals surface area contributed by atoms with Crippen molar-refractivity contribution in [1.29, 1.82) is 0 Å². The van der Waals surface area contributed by atoms with Gasteiger partial charge in [0, 0.05) is 46.4 Å². The molecule has 0 saturated heterocycles. The van der Waals surface area contributed by atoms with E-state index in [0.717, 1.165) is 44.2 Å². The molecule has 3 aromatic heterocycles. The van der Waals surface area contributed by atoms with Crippen LogP contribution in [0.5, 0.6) is 0 Å². The Labute approximate surface area is 200 Å². The molecule has 0 aliphatic carbocycles. The van der Waals surface area contributed by atoms with Crippen LogP contribution in [0.2, 0.25) is 0 Å². The fourth-order valence-corrected chi connectivity index (χ4v) is 4.39. The Balaban J connectivity index is 1.46. The highest BCUT2D eigenvalue weighted by Gasteiger charge is 2.13. The van der Waals surface area contributed by atoms with Crippen molar-refractivity contribution >= 4 is 44.7 Å². The van der Waals surface area contributed by atoms with Gasteiger partial charge in [0.25, 0.3) is 0 Å². The van der Waals surface area contributed by atoms with Crippen LogP contribution in [0.1, 0.15) is 24.2 Å². The highest BCUT2D eigenvalue weighted by atomic mass is 32.1. The minimum Gasteiger partial charge on any atom is -0.382 e. The summed E-state index contributed by atoms with van der Waals surface area (Å²) in [6, 6.07) is 15.3. The number of amides is 1. The van der Waals surface area contributed by atoms with Gasteiger partial charge in [-0.2, -0.15) is 0 Å². The van der Waals surface area contributed by atoms with Gasteiger partial charge in [0.15, 0.2) is 0 Å². The van der Waals surface area contributed by atoms with E-state index in [1.165, 1.54) is 0 Å². The molecule has 3 heterocycles. The van der Waals surface area contributed by atoms with E-state index in [-0.39, 0.29) is 6.04 Å². The lowest BCUT2D eigenvalue weighted by molar-refractivity contribution is 0.100. The van der Waals surface area contributed by atoms with E-state index in [0.29, 0.717) is 11.4 Å². The van der Waals surface area contributed by atoms with E-state index >= 15 is 0 Å². The number of carbonyl (C=O) groups is 1. The number of hydrogen-bond donors (Lipinski definition) is 4. The number of thiazole rings is 1. The lowest BCUT2D eigenvalue weighted by Gasteiger charge is -2.16. The summed E-state index contributed by atoms with van der Waals surface area (Å²) >= 11 is 1.61. The largest absolute Gasteiger partial charge is 0.382 e. The van der Waals surface area contributed by atoms with Crippen molar-refractivity contribution in [2.45, 2.75) is 19.9 Å². The molecule has 5 aromatic rings. The van der Waals surface area contributed by atoms with Gasteiger partial charge in [-0.15, -0.1) is 11.3 Å². The first-order valence-electron chi connectivity index (χ1n) is 10.8. The standard InChI is InChI=1S/C25H23N7OS/c1-14(2)30-20-10-23(31-17-6-7-19-22(9-17)34-13-29-19)27-11-18(20)21-12-28-25(32-21)16-5-3-4-15(8-16)24(26)33/h3-14H,1-2H3,(H2,26,33)(H,28,32)(H2,27,30,31). The van der Waals surface area contributed by atoms with Gasteiger partial charge in [-0.05, 0) is 44.2 Å². The average molecular weight is 470 g/mol. The molecular weight excluding hydrogens is 446 g/mol. The van der Waals surface area contributed by atoms with Gasteiger partial charge in [0.1, 0.15) is 11.6 Å². The minimum absolute atomic E-state index is 0.220. The summed E-state index contributed by atoms with van der Waals surface area (Å²) in [5.74, 6) is 0.900. The summed E-state index contributed by atoms with van der Waals surface area (Å²) in [5, 5.41) is 6.88. The first-order chi connectivity index (χ1) is 16.5. The number of nitrogens with zero attached hydrogens (tertiary/aromatic N) is 3. The minimum atomic E-state index is -0.473. The number of rotatable bonds is 7. The molecule has 9 heteroatoms. The van der Waals surface area contributed by atoms with Gasteiger partial charge < -0.3 is 21.4 Å². The monoisotopic (exact) mass is 469 g/mol. The normalized spacial score (nSPS) is 11.1. The molecular formula is C25H23N7OS. The maximum Gasteiger partial charge on any atom is 0.248 e. The molecule has 0 fully saturated rings.